The molecule has 0 saturated heterocycles. The molecule has 0 atom stereocenters. The van der Waals surface area contributed by atoms with Crippen molar-refractivity contribution in [1.82, 2.24) is 0 Å². The van der Waals surface area contributed by atoms with E-state index in [9.17, 15) is 0 Å². The fourth-order valence-corrected chi connectivity index (χ4v) is 10.7. The number of benzene rings is 11. The van der Waals surface area contributed by atoms with E-state index in [0.29, 0.717) is 0 Å². The van der Waals surface area contributed by atoms with E-state index in [1.165, 1.54) is 104 Å². The van der Waals surface area contributed by atoms with E-state index in [1.54, 1.807) is 0 Å². The van der Waals surface area contributed by atoms with Crippen LogP contribution in [0.15, 0.2) is 194 Å². The van der Waals surface area contributed by atoms with E-state index in [-0.39, 0.29) is 10.8 Å². The van der Waals surface area contributed by atoms with Crippen LogP contribution in [0.2, 0.25) is 0 Å². The van der Waals surface area contributed by atoms with Crippen LogP contribution in [0.25, 0.3) is 87.2 Å². The predicted octanol–water partition coefficient (Wildman–Crippen LogP) is 17.3. The Morgan fingerprint density at radius 2 is 0.903 bits per heavy atom. The molecule has 0 aromatic heterocycles. The molecule has 0 amide bonds. The Morgan fingerprint density at radius 3 is 1.55 bits per heavy atom. The van der Waals surface area contributed by atoms with Gasteiger partial charge in [-0.15, -0.1) is 0 Å². The van der Waals surface area contributed by atoms with Crippen LogP contribution in [0.3, 0.4) is 0 Å². The van der Waals surface area contributed by atoms with Crippen LogP contribution in [-0.4, -0.2) is 0 Å². The zero-order valence-electron chi connectivity index (χ0n) is 35.9. The molecular weight excluding hydrogens is 747 g/mol. The Kier molecular flexibility index (Phi) is 7.91. The second kappa shape index (κ2) is 13.4. The highest BCUT2D eigenvalue weighted by molar-refractivity contribution is 6.31. The van der Waals surface area contributed by atoms with Gasteiger partial charge < -0.3 is 4.90 Å². The van der Waals surface area contributed by atoms with E-state index in [0.717, 1.165) is 17.1 Å². The van der Waals surface area contributed by atoms with Gasteiger partial charge in [0.2, 0.25) is 0 Å². The highest BCUT2D eigenvalue weighted by Crippen LogP contribution is 2.57. The summed E-state index contributed by atoms with van der Waals surface area (Å²) >= 11 is 0. The Balaban J connectivity index is 1.02. The van der Waals surface area contributed by atoms with Crippen LogP contribution in [0.5, 0.6) is 0 Å². The molecule has 1 nitrogen and oxygen atoms in total. The van der Waals surface area contributed by atoms with Gasteiger partial charge in [-0.2, -0.15) is 0 Å². The van der Waals surface area contributed by atoms with Crippen molar-refractivity contribution in [3.63, 3.8) is 0 Å². The zero-order valence-corrected chi connectivity index (χ0v) is 35.9. The highest BCUT2D eigenvalue weighted by atomic mass is 15.1. The lowest BCUT2D eigenvalue weighted by Crippen LogP contribution is -2.17. The monoisotopic (exact) mass is 793 g/mol. The minimum absolute atomic E-state index is 0.134. The molecule has 1 aliphatic carbocycles. The molecule has 11 aromatic rings. The number of hydrogen-bond donors (Lipinski definition) is 0. The number of anilines is 3. The van der Waals surface area contributed by atoms with Crippen LogP contribution >= 0.6 is 0 Å². The van der Waals surface area contributed by atoms with Gasteiger partial charge in [-0.05, 0) is 152 Å². The highest BCUT2D eigenvalue weighted by Gasteiger charge is 2.39. The van der Waals surface area contributed by atoms with Gasteiger partial charge in [0.1, 0.15) is 0 Å². The SMILES string of the molecule is CC(C)(C)c1ccc(-c2ccc(-c3cc4cccc5c6c(c7cccc3c7c45)C(C)(C)c3cc(N(c4ccc5ccccc5c4)c4ccc5ccccc5c4)ccc3-6)cc2)cc1. The van der Waals surface area contributed by atoms with Gasteiger partial charge in [0.25, 0.3) is 0 Å². The lowest BCUT2D eigenvalue weighted by molar-refractivity contribution is 0.590. The average Bonchev–Trinajstić information content (AvgIpc) is 3.54. The molecule has 0 heterocycles. The van der Waals surface area contributed by atoms with Crippen molar-refractivity contribution in [3.05, 3.63) is 211 Å². The number of nitrogens with zero attached hydrogens (tertiary/aromatic N) is 1. The fraction of sp³-hybridized carbons (Fsp3) is 0.115. The second-order valence-electron chi connectivity index (χ2n) is 19.0. The topological polar surface area (TPSA) is 3.24 Å². The third-order valence-corrected chi connectivity index (χ3v) is 13.9. The summed E-state index contributed by atoms with van der Waals surface area (Å²) in [5.41, 5.74) is 15.2. The van der Waals surface area contributed by atoms with Gasteiger partial charge in [-0.25, -0.2) is 0 Å². The lowest BCUT2D eigenvalue weighted by Gasteiger charge is -2.29. The van der Waals surface area contributed by atoms with Gasteiger partial charge >= 0.3 is 0 Å². The zero-order chi connectivity index (χ0) is 41.9. The third-order valence-electron chi connectivity index (χ3n) is 13.9. The van der Waals surface area contributed by atoms with Crippen LogP contribution in [0, 0.1) is 0 Å². The Bertz CT molecular complexity index is 3480. The van der Waals surface area contributed by atoms with E-state index in [4.69, 9.17) is 0 Å². The van der Waals surface area contributed by atoms with Gasteiger partial charge in [0, 0.05) is 22.5 Å². The number of rotatable bonds is 5. The molecule has 11 aromatic carbocycles. The van der Waals surface area contributed by atoms with Crippen LogP contribution in [0.1, 0.15) is 51.3 Å². The summed E-state index contributed by atoms with van der Waals surface area (Å²) < 4.78 is 0. The molecular formula is C61H47N. The summed E-state index contributed by atoms with van der Waals surface area (Å²) in [6.45, 7) is 11.7. The van der Waals surface area contributed by atoms with Gasteiger partial charge in [0.05, 0.1) is 0 Å². The molecule has 1 aliphatic rings. The fourth-order valence-electron chi connectivity index (χ4n) is 10.7. The second-order valence-corrected chi connectivity index (χ2v) is 19.0. The molecule has 0 spiro atoms. The van der Waals surface area contributed by atoms with Crippen LogP contribution in [-0.2, 0) is 10.8 Å². The molecule has 0 saturated carbocycles. The van der Waals surface area contributed by atoms with Crippen molar-refractivity contribution >= 4 is 70.9 Å². The first-order valence-corrected chi connectivity index (χ1v) is 22.0. The molecule has 296 valence electrons. The summed E-state index contributed by atoms with van der Waals surface area (Å²) in [5.74, 6) is 0. The average molecular weight is 794 g/mol. The minimum atomic E-state index is -0.257. The summed E-state index contributed by atoms with van der Waals surface area (Å²) in [4.78, 5) is 2.45. The maximum atomic E-state index is 2.48. The number of fused-ring (bicyclic) bond motifs is 7. The van der Waals surface area contributed by atoms with Crippen molar-refractivity contribution in [2.24, 2.45) is 0 Å². The van der Waals surface area contributed by atoms with Gasteiger partial charge in [0.15, 0.2) is 0 Å². The van der Waals surface area contributed by atoms with Gasteiger partial charge in [-0.3, -0.25) is 0 Å². The summed E-state index contributed by atoms with van der Waals surface area (Å²) in [6.07, 6.45) is 0. The Hall–Kier alpha value is -7.22. The minimum Gasteiger partial charge on any atom is -0.310 e. The van der Waals surface area contributed by atoms with Crippen molar-refractivity contribution in [1.29, 1.82) is 0 Å². The first kappa shape index (κ1) is 36.6. The van der Waals surface area contributed by atoms with E-state index >= 15 is 0 Å². The van der Waals surface area contributed by atoms with Crippen molar-refractivity contribution < 1.29 is 0 Å². The number of hydrogen-bond acceptors (Lipinski definition) is 1. The standard InChI is InChI=1S/C61H47N/c1-60(2,3)46-28-24-41(25-29-46)40-20-22-42(23-21-40)54-36-45-16-10-18-52-56(45)57-50(54)17-11-19-53(57)59-58(52)51-33-32-49(37-55(51)61(59,4)5)62(47-30-26-38-12-6-8-14-43(38)34-47)48-31-27-39-13-7-9-15-44(39)35-48/h6-37H,1-5H3. The largest absolute Gasteiger partial charge is 0.310 e. The molecule has 0 N–H and O–H groups in total. The molecule has 1 heteroatoms. The third kappa shape index (κ3) is 5.54. The Morgan fingerprint density at radius 1 is 0.387 bits per heavy atom. The summed E-state index contributed by atoms with van der Waals surface area (Å²) in [5, 5.41) is 13.0. The first-order chi connectivity index (χ1) is 30.1. The normalized spacial score (nSPS) is 13.4. The molecule has 62 heavy (non-hydrogen) atoms. The lowest BCUT2D eigenvalue weighted by atomic mass is 9.77. The van der Waals surface area contributed by atoms with E-state index in [2.05, 4.69) is 234 Å². The van der Waals surface area contributed by atoms with E-state index < -0.39 is 0 Å². The molecule has 0 bridgehead atoms. The quantitative estimate of drug-likeness (QED) is 0.157. The van der Waals surface area contributed by atoms with E-state index in [1.807, 2.05) is 0 Å². The smallest absolute Gasteiger partial charge is 0.0468 e. The van der Waals surface area contributed by atoms with Crippen molar-refractivity contribution in [3.8, 4) is 33.4 Å². The molecule has 0 fully saturated rings. The van der Waals surface area contributed by atoms with Crippen LogP contribution in [0.4, 0.5) is 17.1 Å². The molecule has 0 aliphatic heterocycles. The van der Waals surface area contributed by atoms with Crippen molar-refractivity contribution in [2.75, 3.05) is 4.90 Å². The predicted molar refractivity (Wildman–Crippen MR) is 267 cm³/mol. The van der Waals surface area contributed by atoms with Gasteiger partial charge in [-0.1, -0.05) is 186 Å². The summed E-state index contributed by atoms with van der Waals surface area (Å²) in [7, 11) is 0. The van der Waals surface area contributed by atoms with Crippen molar-refractivity contribution in [2.45, 2.75) is 45.4 Å². The molecule has 0 unspecified atom stereocenters. The maximum Gasteiger partial charge on any atom is 0.0468 e. The first-order valence-electron chi connectivity index (χ1n) is 22.0. The Labute approximate surface area is 363 Å². The molecule has 0 radical (unpaired) electrons. The van der Waals surface area contributed by atoms with Crippen LogP contribution < -0.4 is 4.90 Å². The molecule has 12 rings (SSSR count). The maximum absolute atomic E-state index is 2.48. The summed E-state index contributed by atoms with van der Waals surface area (Å²) in [6, 6.07) is 72.9.